The third-order valence-electron chi connectivity index (χ3n) is 4.03. The fraction of sp³-hybridized carbons (Fsp3) is 0.923. The fourth-order valence-electron chi connectivity index (χ4n) is 3.05. The number of hydrogen-bond donors (Lipinski definition) is 3. The molecular weight excluding hydrogens is 230 g/mol. The first-order chi connectivity index (χ1) is 8.59. The van der Waals surface area contributed by atoms with Crippen LogP contribution in [0, 0.1) is 5.92 Å². The van der Waals surface area contributed by atoms with Crippen LogP contribution < -0.4 is 10.6 Å². The van der Waals surface area contributed by atoms with Crippen molar-refractivity contribution in [2.45, 2.75) is 38.2 Å². The summed E-state index contributed by atoms with van der Waals surface area (Å²) in [6.07, 6.45) is 4.14. The van der Waals surface area contributed by atoms with Gasteiger partial charge >= 0.3 is 6.03 Å². The van der Waals surface area contributed by atoms with Gasteiger partial charge in [-0.15, -0.1) is 0 Å². The molecule has 2 rings (SSSR count). The molecule has 0 radical (unpaired) electrons. The third-order valence-corrected chi connectivity index (χ3v) is 4.03. The fourth-order valence-corrected chi connectivity index (χ4v) is 3.05. The Bertz CT molecular complexity index is 298. The number of rotatable bonds is 5. The zero-order valence-electron chi connectivity index (χ0n) is 11.2. The van der Waals surface area contributed by atoms with Gasteiger partial charge in [0.1, 0.15) is 0 Å². The summed E-state index contributed by atoms with van der Waals surface area (Å²) in [6.45, 7) is 5.87. The first-order valence-corrected chi connectivity index (χ1v) is 7.05. The average Bonchev–Trinajstić information content (AvgIpc) is 2.70. The van der Waals surface area contributed by atoms with Crippen LogP contribution in [0.1, 0.15) is 32.6 Å². The maximum Gasteiger partial charge on any atom is 0.317 e. The predicted molar refractivity (Wildman–Crippen MR) is 70.4 cm³/mol. The summed E-state index contributed by atoms with van der Waals surface area (Å²) >= 11 is 0. The molecule has 1 aliphatic heterocycles. The Labute approximate surface area is 109 Å². The highest BCUT2D eigenvalue weighted by Gasteiger charge is 2.32. The van der Waals surface area contributed by atoms with Crippen molar-refractivity contribution in [2.75, 3.05) is 32.7 Å². The predicted octanol–water partition coefficient (Wildman–Crippen LogP) is 0.542. The van der Waals surface area contributed by atoms with Gasteiger partial charge in [-0.1, -0.05) is 19.8 Å². The number of hydrogen-bond acceptors (Lipinski definition) is 3. The second-order valence-corrected chi connectivity index (χ2v) is 5.82. The molecule has 5 heteroatoms. The largest absolute Gasteiger partial charge is 0.389 e. The minimum Gasteiger partial charge on any atom is -0.389 e. The SMILES string of the molecule is CC1CCCC(O)(CNCCN2CCNC2=O)C1. The van der Waals surface area contributed by atoms with E-state index in [0.29, 0.717) is 12.5 Å². The van der Waals surface area contributed by atoms with E-state index >= 15 is 0 Å². The lowest BCUT2D eigenvalue weighted by molar-refractivity contribution is -0.0116. The Morgan fingerprint density at radius 2 is 2.44 bits per heavy atom. The van der Waals surface area contributed by atoms with Crippen molar-refractivity contribution < 1.29 is 9.90 Å². The lowest BCUT2D eigenvalue weighted by atomic mass is 9.79. The molecule has 0 aromatic carbocycles. The number of aliphatic hydroxyl groups is 1. The van der Waals surface area contributed by atoms with Crippen molar-refractivity contribution in [3.63, 3.8) is 0 Å². The van der Waals surface area contributed by atoms with E-state index in [1.165, 1.54) is 6.42 Å². The van der Waals surface area contributed by atoms with Gasteiger partial charge < -0.3 is 20.6 Å². The van der Waals surface area contributed by atoms with E-state index in [-0.39, 0.29) is 6.03 Å². The summed E-state index contributed by atoms with van der Waals surface area (Å²) in [5.74, 6) is 0.620. The molecule has 3 N–H and O–H groups in total. The number of amides is 2. The Balaban J connectivity index is 1.64. The molecule has 2 fully saturated rings. The van der Waals surface area contributed by atoms with E-state index in [1.807, 2.05) is 0 Å². The zero-order chi connectivity index (χ0) is 13.0. The standard InChI is InChI=1S/C13H25N3O2/c1-11-3-2-4-13(18,9-11)10-14-5-7-16-8-6-15-12(16)17/h11,14,18H,2-10H2,1H3,(H,15,17). The molecular formula is C13H25N3O2. The van der Waals surface area contributed by atoms with Crippen LogP contribution in [0.25, 0.3) is 0 Å². The van der Waals surface area contributed by atoms with Gasteiger partial charge in [0.25, 0.3) is 0 Å². The highest BCUT2D eigenvalue weighted by Crippen LogP contribution is 2.31. The molecule has 18 heavy (non-hydrogen) atoms. The van der Waals surface area contributed by atoms with Crippen molar-refractivity contribution in [2.24, 2.45) is 5.92 Å². The van der Waals surface area contributed by atoms with Crippen LogP contribution in [0.3, 0.4) is 0 Å². The Morgan fingerprint density at radius 1 is 1.61 bits per heavy atom. The molecule has 1 aliphatic carbocycles. The van der Waals surface area contributed by atoms with Gasteiger partial charge in [-0.05, 0) is 18.8 Å². The number of nitrogens with one attached hydrogen (secondary N) is 2. The lowest BCUT2D eigenvalue weighted by Crippen LogP contribution is -2.46. The van der Waals surface area contributed by atoms with Crippen molar-refractivity contribution in [3.05, 3.63) is 0 Å². The molecule has 0 spiro atoms. The van der Waals surface area contributed by atoms with Crippen molar-refractivity contribution in [1.29, 1.82) is 0 Å². The molecule has 2 aliphatic rings. The summed E-state index contributed by atoms with van der Waals surface area (Å²) in [4.78, 5) is 13.1. The summed E-state index contributed by atoms with van der Waals surface area (Å²) in [7, 11) is 0. The number of carbonyl (C=O) groups is 1. The van der Waals surface area contributed by atoms with Crippen LogP contribution in [-0.2, 0) is 0 Å². The minimum atomic E-state index is -0.537. The quantitative estimate of drug-likeness (QED) is 0.628. The maximum atomic E-state index is 11.3. The Hall–Kier alpha value is -0.810. The molecule has 2 unspecified atom stereocenters. The molecule has 0 bridgehead atoms. The summed E-state index contributed by atoms with van der Waals surface area (Å²) in [5, 5.41) is 16.5. The Kier molecular flexibility index (Phi) is 4.45. The van der Waals surface area contributed by atoms with Gasteiger partial charge in [0.2, 0.25) is 0 Å². The maximum absolute atomic E-state index is 11.3. The van der Waals surface area contributed by atoms with Crippen molar-refractivity contribution >= 4 is 6.03 Å². The van der Waals surface area contributed by atoms with E-state index in [0.717, 1.165) is 45.4 Å². The molecule has 104 valence electrons. The summed E-state index contributed by atoms with van der Waals surface area (Å²) in [6, 6.07) is 0.0294. The van der Waals surface area contributed by atoms with Gasteiger partial charge in [0, 0.05) is 32.7 Å². The first-order valence-electron chi connectivity index (χ1n) is 7.05. The number of urea groups is 1. The van der Waals surface area contributed by atoms with E-state index in [1.54, 1.807) is 4.90 Å². The lowest BCUT2D eigenvalue weighted by Gasteiger charge is -2.35. The van der Waals surface area contributed by atoms with E-state index in [4.69, 9.17) is 0 Å². The van der Waals surface area contributed by atoms with Gasteiger partial charge in [-0.2, -0.15) is 0 Å². The molecule has 2 amide bonds. The summed E-state index contributed by atoms with van der Waals surface area (Å²) in [5.41, 5.74) is -0.537. The molecule has 2 atom stereocenters. The highest BCUT2D eigenvalue weighted by atomic mass is 16.3. The topological polar surface area (TPSA) is 64.6 Å². The smallest absolute Gasteiger partial charge is 0.317 e. The molecule has 1 saturated carbocycles. The molecule has 5 nitrogen and oxygen atoms in total. The van der Waals surface area contributed by atoms with E-state index in [2.05, 4.69) is 17.6 Å². The van der Waals surface area contributed by atoms with Gasteiger partial charge in [0.05, 0.1) is 5.60 Å². The second kappa shape index (κ2) is 5.89. The van der Waals surface area contributed by atoms with E-state index in [9.17, 15) is 9.90 Å². The first kappa shape index (κ1) is 13.6. The van der Waals surface area contributed by atoms with Gasteiger partial charge in [-0.3, -0.25) is 0 Å². The molecule has 0 aromatic heterocycles. The van der Waals surface area contributed by atoms with Crippen LogP contribution in [0.5, 0.6) is 0 Å². The monoisotopic (exact) mass is 255 g/mol. The molecule has 1 heterocycles. The van der Waals surface area contributed by atoms with Crippen LogP contribution >= 0.6 is 0 Å². The van der Waals surface area contributed by atoms with Gasteiger partial charge in [-0.25, -0.2) is 4.79 Å². The minimum absolute atomic E-state index is 0.0294. The van der Waals surface area contributed by atoms with Crippen LogP contribution in [0.4, 0.5) is 4.79 Å². The normalized spacial score (nSPS) is 32.7. The zero-order valence-corrected chi connectivity index (χ0v) is 11.2. The van der Waals surface area contributed by atoms with Crippen LogP contribution in [0.2, 0.25) is 0 Å². The number of nitrogens with zero attached hydrogens (tertiary/aromatic N) is 1. The third kappa shape index (κ3) is 3.59. The molecule has 1 saturated heterocycles. The summed E-state index contributed by atoms with van der Waals surface area (Å²) < 4.78 is 0. The van der Waals surface area contributed by atoms with Crippen LogP contribution in [0.15, 0.2) is 0 Å². The van der Waals surface area contributed by atoms with Gasteiger partial charge in [0.15, 0.2) is 0 Å². The average molecular weight is 255 g/mol. The van der Waals surface area contributed by atoms with Crippen molar-refractivity contribution in [3.8, 4) is 0 Å². The van der Waals surface area contributed by atoms with Crippen LogP contribution in [-0.4, -0.2) is 54.4 Å². The highest BCUT2D eigenvalue weighted by molar-refractivity contribution is 5.76. The van der Waals surface area contributed by atoms with E-state index < -0.39 is 5.60 Å². The van der Waals surface area contributed by atoms with Crippen molar-refractivity contribution in [1.82, 2.24) is 15.5 Å². The Morgan fingerprint density at radius 3 is 3.11 bits per heavy atom. The second-order valence-electron chi connectivity index (χ2n) is 5.82. The molecule has 0 aromatic rings. The number of carbonyl (C=O) groups excluding carboxylic acids is 1.